The predicted octanol–water partition coefficient (Wildman–Crippen LogP) is 2.77. The molecule has 0 unspecified atom stereocenters. The quantitative estimate of drug-likeness (QED) is 0.831. The average Bonchev–Trinajstić information content (AvgIpc) is 2.82. The van der Waals surface area contributed by atoms with E-state index in [0.717, 1.165) is 12.0 Å². The summed E-state index contributed by atoms with van der Waals surface area (Å²) in [5.41, 5.74) is 0.242. The first-order valence-corrected chi connectivity index (χ1v) is 9.18. The molecule has 0 N–H and O–H groups in total. The Morgan fingerprint density at radius 1 is 1.19 bits per heavy atom. The monoisotopic (exact) mass is 369 g/mol. The standard InChI is InChI=1S/C21H27N3O3/c1-20(2)13-17(21(3,4)27-20)24(14-15-9-7-6-8-10-15)19(26)16-11-12-18(25)23(5)22-16/h6-12,17H,13-14H2,1-5H3/t17-/m0/s1. The molecule has 2 aromatic rings. The van der Waals surface area contributed by atoms with Crippen molar-refractivity contribution in [1.82, 2.24) is 14.7 Å². The van der Waals surface area contributed by atoms with Crippen LogP contribution in [0.1, 0.15) is 50.2 Å². The predicted molar refractivity (Wildman–Crippen MR) is 103 cm³/mol. The van der Waals surface area contributed by atoms with Crippen LogP contribution in [0.2, 0.25) is 0 Å². The van der Waals surface area contributed by atoms with Gasteiger partial charge in [0.15, 0.2) is 0 Å². The summed E-state index contributed by atoms with van der Waals surface area (Å²) in [7, 11) is 1.55. The van der Waals surface area contributed by atoms with E-state index in [-0.39, 0.29) is 28.8 Å². The van der Waals surface area contributed by atoms with E-state index in [1.54, 1.807) is 7.05 Å². The number of hydrogen-bond acceptors (Lipinski definition) is 4. The zero-order valence-electron chi connectivity index (χ0n) is 16.6. The van der Waals surface area contributed by atoms with Crippen LogP contribution in [0.4, 0.5) is 0 Å². The van der Waals surface area contributed by atoms with Crippen molar-refractivity contribution >= 4 is 5.91 Å². The molecule has 6 nitrogen and oxygen atoms in total. The summed E-state index contributed by atoms with van der Waals surface area (Å²) in [6.07, 6.45) is 0.727. The van der Waals surface area contributed by atoms with Crippen LogP contribution < -0.4 is 5.56 Å². The zero-order valence-corrected chi connectivity index (χ0v) is 16.6. The summed E-state index contributed by atoms with van der Waals surface area (Å²) in [6, 6.07) is 12.6. The molecule has 2 heterocycles. The minimum absolute atomic E-state index is 0.112. The van der Waals surface area contributed by atoms with Crippen molar-refractivity contribution in [1.29, 1.82) is 0 Å². The van der Waals surface area contributed by atoms with Crippen LogP contribution in [0, 0.1) is 0 Å². The SMILES string of the molecule is Cn1nc(C(=O)N(Cc2ccccc2)[C@H]2CC(C)(C)OC2(C)C)ccc1=O. The van der Waals surface area contributed by atoms with Crippen LogP contribution in [0.3, 0.4) is 0 Å². The molecule has 0 spiro atoms. The molecule has 1 aromatic carbocycles. The van der Waals surface area contributed by atoms with E-state index in [4.69, 9.17) is 4.74 Å². The first kappa shape index (κ1) is 19.3. The molecule has 1 atom stereocenters. The molecule has 3 rings (SSSR count). The molecule has 1 aromatic heterocycles. The lowest BCUT2D eigenvalue weighted by Crippen LogP contribution is -2.49. The van der Waals surface area contributed by atoms with E-state index in [2.05, 4.69) is 5.10 Å². The number of carbonyl (C=O) groups is 1. The third-order valence-corrected chi connectivity index (χ3v) is 5.04. The number of amides is 1. The fourth-order valence-electron chi connectivity index (χ4n) is 3.89. The van der Waals surface area contributed by atoms with E-state index in [1.165, 1.54) is 16.8 Å². The highest BCUT2D eigenvalue weighted by Gasteiger charge is 2.49. The van der Waals surface area contributed by atoms with Gasteiger partial charge < -0.3 is 9.64 Å². The molecular formula is C21H27N3O3. The molecule has 1 fully saturated rings. The molecule has 0 aliphatic carbocycles. The van der Waals surface area contributed by atoms with Crippen molar-refractivity contribution in [3.05, 3.63) is 64.1 Å². The van der Waals surface area contributed by atoms with E-state index in [0.29, 0.717) is 6.54 Å². The first-order chi connectivity index (χ1) is 12.6. The molecule has 27 heavy (non-hydrogen) atoms. The Balaban J connectivity index is 2.00. The normalized spacial score (nSPS) is 20.4. The summed E-state index contributed by atoms with van der Waals surface area (Å²) in [6.45, 7) is 8.59. The van der Waals surface area contributed by atoms with Crippen molar-refractivity contribution < 1.29 is 9.53 Å². The number of carbonyl (C=O) groups excluding carboxylic acids is 1. The van der Waals surface area contributed by atoms with Crippen molar-refractivity contribution in [2.24, 2.45) is 7.05 Å². The average molecular weight is 369 g/mol. The summed E-state index contributed by atoms with van der Waals surface area (Å²) < 4.78 is 7.42. The highest BCUT2D eigenvalue weighted by atomic mass is 16.5. The second-order valence-electron chi connectivity index (χ2n) is 8.28. The van der Waals surface area contributed by atoms with Crippen LogP contribution in [-0.2, 0) is 18.3 Å². The summed E-state index contributed by atoms with van der Waals surface area (Å²) >= 11 is 0. The van der Waals surface area contributed by atoms with Gasteiger partial charge in [-0.2, -0.15) is 5.10 Å². The number of benzene rings is 1. The lowest BCUT2D eigenvalue weighted by atomic mass is 9.92. The molecule has 144 valence electrons. The van der Waals surface area contributed by atoms with Crippen LogP contribution in [-0.4, -0.2) is 37.8 Å². The molecule has 1 saturated heterocycles. The van der Waals surface area contributed by atoms with Gasteiger partial charge in [-0.05, 0) is 45.7 Å². The highest BCUT2D eigenvalue weighted by molar-refractivity contribution is 5.92. The van der Waals surface area contributed by atoms with Crippen molar-refractivity contribution in [3.63, 3.8) is 0 Å². The molecule has 1 amide bonds. The van der Waals surface area contributed by atoms with Crippen LogP contribution >= 0.6 is 0 Å². The molecule has 1 aliphatic rings. The summed E-state index contributed by atoms with van der Waals surface area (Å²) in [4.78, 5) is 26.9. The topological polar surface area (TPSA) is 64.4 Å². The Morgan fingerprint density at radius 3 is 2.41 bits per heavy atom. The molecule has 0 bridgehead atoms. The number of rotatable bonds is 4. The van der Waals surface area contributed by atoms with Crippen LogP contribution in [0.25, 0.3) is 0 Å². The third-order valence-electron chi connectivity index (χ3n) is 5.04. The molecule has 0 radical (unpaired) electrons. The van der Waals surface area contributed by atoms with Crippen molar-refractivity contribution in [2.75, 3.05) is 0 Å². The fourth-order valence-corrected chi connectivity index (χ4v) is 3.89. The lowest BCUT2D eigenvalue weighted by Gasteiger charge is -2.36. The van der Waals surface area contributed by atoms with E-state index in [1.807, 2.05) is 62.9 Å². The summed E-state index contributed by atoms with van der Waals surface area (Å²) in [5.74, 6) is -0.200. The first-order valence-electron chi connectivity index (χ1n) is 9.18. The van der Waals surface area contributed by atoms with E-state index >= 15 is 0 Å². The van der Waals surface area contributed by atoms with Gasteiger partial charge in [0.05, 0.1) is 17.2 Å². The molecule has 0 saturated carbocycles. The molecule has 6 heteroatoms. The van der Waals surface area contributed by atoms with Gasteiger partial charge in [-0.1, -0.05) is 30.3 Å². The maximum Gasteiger partial charge on any atom is 0.274 e. The number of hydrogen-bond donors (Lipinski definition) is 0. The van der Waals surface area contributed by atoms with Crippen molar-refractivity contribution in [3.8, 4) is 0 Å². The van der Waals surface area contributed by atoms with Gasteiger partial charge >= 0.3 is 0 Å². The lowest BCUT2D eigenvalue weighted by molar-refractivity contribution is -0.0785. The van der Waals surface area contributed by atoms with Gasteiger partial charge in [0.25, 0.3) is 11.5 Å². The molecular weight excluding hydrogens is 342 g/mol. The maximum atomic E-state index is 13.4. The number of ether oxygens (including phenoxy) is 1. The smallest absolute Gasteiger partial charge is 0.274 e. The van der Waals surface area contributed by atoms with Gasteiger partial charge in [-0.25, -0.2) is 4.68 Å². The van der Waals surface area contributed by atoms with Crippen LogP contribution in [0.5, 0.6) is 0 Å². The Hall–Kier alpha value is -2.47. The van der Waals surface area contributed by atoms with Gasteiger partial charge in [0.2, 0.25) is 0 Å². The van der Waals surface area contributed by atoms with Gasteiger partial charge in [-0.3, -0.25) is 9.59 Å². The molecule has 1 aliphatic heterocycles. The second-order valence-corrected chi connectivity index (χ2v) is 8.28. The van der Waals surface area contributed by atoms with E-state index < -0.39 is 5.60 Å². The minimum atomic E-state index is -0.491. The van der Waals surface area contributed by atoms with Gasteiger partial charge in [-0.15, -0.1) is 0 Å². The maximum absolute atomic E-state index is 13.4. The number of nitrogens with zero attached hydrogens (tertiary/aromatic N) is 3. The Bertz CT molecular complexity index is 887. The Labute approximate surface area is 159 Å². The highest BCUT2D eigenvalue weighted by Crippen LogP contribution is 2.41. The largest absolute Gasteiger partial charge is 0.367 e. The Kier molecular flexibility index (Phi) is 4.95. The third kappa shape index (κ3) is 4.11. The zero-order chi connectivity index (χ0) is 19.8. The van der Waals surface area contributed by atoms with Gasteiger partial charge in [0.1, 0.15) is 5.69 Å². The summed E-state index contributed by atoms with van der Waals surface area (Å²) in [5, 5.41) is 4.16. The minimum Gasteiger partial charge on any atom is -0.367 e. The van der Waals surface area contributed by atoms with Gasteiger partial charge in [0, 0.05) is 19.7 Å². The second kappa shape index (κ2) is 6.93. The number of aryl methyl sites for hydroxylation is 1. The van der Waals surface area contributed by atoms with E-state index in [9.17, 15) is 9.59 Å². The number of aromatic nitrogens is 2. The fraction of sp³-hybridized carbons (Fsp3) is 0.476. The van der Waals surface area contributed by atoms with Crippen LogP contribution in [0.15, 0.2) is 47.3 Å². The van der Waals surface area contributed by atoms with Crippen molar-refractivity contribution in [2.45, 2.75) is 57.9 Å². The Morgan fingerprint density at radius 2 is 1.85 bits per heavy atom.